The van der Waals surface area contributed by atoms with Gasteiger partial charge in [0.1, 0.15) is 0 Å². The van der Waals surface area contributed by atoms with Gasteiger partial charge in [-0.05, 0) is 42.5 Å². The number of nitrogens with zero attached hydrogens (tertiary/aromatic N) is 1. The lowest BCUT2D eigenvalue weighted by Crippen LogP contribution is -2.49. The monoisotopic (exact) mass is 357 g/mol. The summed E-state index contributed by atoms with van der Waals surface area (Å²) >= 11 is 0. The minimum atomic E-state index is -0.792. The van der Waals surface area contributed by atoms with Crippen molar-refractivity contribution in [3.05, 3.63) is 59.7 Å². The van der Waals surface area contributed by atoms with E-state index < -0.39 is 5.60 Å². The van der Waals surface area contributed by atoms with Gasteiger partial charge in [0, 0.05) is 19.1 Å². The van der Waals surface area contributed by atoms with E-state index in [1.807, 2.05) is 42.5 Å². The van der Waals surface area contributed by atoms with E-state index in [9.17, 15) is 15.3 Å². The van der Waals surface area contributed by atoms with E-state index in [-0.39, 0.29) is 18.4 Å². The number of likely N-dealkylation sites (tertiary alicyclic amines) is 1. The van der Waals surface area contributed by atoms with Crippen LogP contribution in [0.5, 0.6) is 11.5 Å². The highest BCUT2D eigenvalue weighted by atomic mass is 16.5. The topological polar surface area (TPSA) is 73.2 Å². The van der Waals surface area contributed by atoms with E-state index >= 15 is 0 Å². The lowest BCUT2D eigenvalue weighted by molar-refractivity contribution is -0.0411. The first-order valence-electron chi connectivity index (χ1n) is 9.04. The average Bonchev–Trinajstić information content (AvgIpc) is 2.69. The third-order valence-corrected chi connectivity index (χ3v) is 5.38. The zero-order valence-corrected chi connectivity index (χ0v) is 15.1. The Kier molecular flexibility index (Phi) is 5.81. The van der Waals surface area contributed by atoms with E-state index in [2.05, 4.69) is 4.90 Å². The Balaban J connectivity index is 1.65. The molecule has 1 fully saturated rings. The van der Waals surface area contributed by atoms with Crippen LogP contribution in [0.15, 0.2) is 48.5 Å². The average molecular weight is 357 g/mol. The highest BCUT2D eigenvalue weighted by Crippen LogP contribution is 2.34. The van der Waals surface area contributed by atoms with Crippen molar-refractivity contribution in [2.75, 3.05) is 26.8 Å². The highest BCUT2D eigenvalue weighted by Gasteiger charge is 2.35. The summed E-state index contributed by atoms with van der Waals surface area (Å²) in [5, 5.41) is 30.6. The molecular formula is C21H27NO4. The molecule has 1 unspecified atom stereocenters. The number of aromatic hydroxyl groups is 1. The fraction of sp³-hybridized carbons (Fsp3) is 0.429. The lowest BCUT2D eigenvalue weighted by Gasteiger charge is -2.41. The second-order valence-corrected chi connectivity index (χ2v) is 6.98. The summed E-state index contributed by atoms with van der Waals surface area (Å²) in [7, 11) is 1.53. The van der Waals surface area contributed by atoms with Gasteiger partial charge in [-0.15, -0.1) is 0 Å². The summed E-state index contributed by atoms with van der Waals surface area (Å²) in [6.45, 7) is 1.50. The maximum absolute atomic E-state index is 11.0. The number of aliphatic hydroxyl groups excluding tert-OH is 1. The van der Waals surface area contributed by atoms with Crippen LogP contribution in [0, 0.1) is 0 Å². The molecule has 3 rings (SSSR count). The number of aliphatic hydroxyl groups is 2. The molecule has 5 heteroatoms. The van der Waals surface area contributed by atoms with E-state index in [0.717, 1.165) is 24.2 Å². The second-order valence-electron chi connectivity index (χ2n) is 6.98. The Morgan fingerprint density at radius 3 is 2.42 bits per heavy atom. The third-order valence-electron chi connectivity index (χ3n) is 5.38. The number of phenols is 1. The van der Waals surface area contributed by atoms with Gasteiger partial charge < -0.3 is 20.1 Å². The van der Waals surface area contributed by atoms with Crippen LogP contribution in [0.25, 0.3) is 0 Å². The zero-order valence-electron chi connectivity index (χ0n) is 15.1. The van der Waals surface area contributed by atoms with Gasteiger partial charge >= 0.3 is 0 Å². The SMILES string of the molecule is COc1cc(CC(CO)N2CCC(O)(c3ccccc3)CC2)ccc1O. The molecule has 0 spiro atoms. The maximum Gasteiger partial charge on any atom is 0.160 e. The zero-order chi connectivity index (χ0) is 18.6. The highest BCUT2D eigenvalue weighted by molar-refractivity contribution is 5.42. The predicted octanol–water partition coefficient (Wildman–Crippen LogP) is 2.29. The van der Waals surface area contributed by atoms with Crippen LogP contribution in [0.3, 0.4) is 0 Å². The third kappa shape index (κ3) is 4.01. The molecule has 0 radical (unpaired) electrons. The summed E-state index contributed by atoms with van der Waals surface area (Å²) < 4.78 is 5.16. The van der Waals surface area contributed by atoms with E-state index in [1.165, 1.54) is 7.11 Å². The van der Waals surface area contributed by atoms with Gasteiger partial charge in [-0.1, -0.05) is 36.4 Å². The normalized spacial score (nSPS) is 18.4. The van der Waals surface area contributed by atoms with Gasteiger partial charge in [-0.3, -0.25) is 4.90 Å². The summed E-state index contributed by atoms with van der Waals surface area (Å²) in [4.78, 5) is 2.23. The van der Waals surface area contributed by atoms with Gasteiger partial charge in [-0.2, -0.15) is 0 Å². The van der Waals surface area contributed by atoms with Crippen molar-refractivity contribution in [2.45, 2.75) is 30.9 Å². The van der Waals surface area contributed by atoms with E-state index in [1.54, 1.807) is 6.07 Å². The van der Waals surface area contributed by atoms with Crippen LogP contribution in [-0.2, 0) is 12.0 Å². The Morgan fingerprint density at radius 1 is 1.12 bits per heavy atom. The Hall–Kier alpha value is -2.08. The number of benzene rings is 2. The van der Waals surface area contributed by atoms with E-state index in [0.29, 0.717) is 25.0 Å². The number of phenolic OH excluding ortho intramolecular Hbond substituents is 1. The summed E-state index contributed by atoms with van der Waals surface area (Å²) in [6, 6.07) is 15.1. The smallest absolute Gasteiger partial charge is 0.160 e. The molecule has 2 aromatic rings. The van der Waals surface area contributed by atoms with Crippen molar-refractivity contribution in [2.24, 2.45) is 0 Å². The van der Waals surface area contributed by atoms with Gasteiger partial charge in [-0.25, -0.2) is 0 Å². The molecule has 5 nitrogen and oxygen atoms in total. The fourth-order valence-corrected chi connectivity index (χ4v) is 3.73. The molecule has 0 amide bonds. The van der Waals surface area contributed by atoms with Crippen LogP contribution < -0.4 is 4.74 Å². The molecule has 26 heavy (non-hydrogen) atoms. The van der Waals surface area contributed by atoms with Gasteiger partial charge in [0.05, 0.1) is 19.3 Å². The predicted molar refractivity (Wildman–Crippen MR) is 100 cm³/mol. The van der Waals surface area contributed by atoms with Crippen molar-refractivity contribution < 1.29 is 20.1 Å². The molecule has 2 aromatic carbocycles. The van der Waals surface area contributed by atoms with Gasteiger partial charge in [0.15, 0.2) is 11.5 Å². The molecule has 0 aromatic heterocycles. The first-order chi connectivity index (χ1) is 12.6. The summed E-state index contributed by atoms with van der Waals surface area (Å²) in [5.74, 6) is 0.555. The lowest BCUT2D eigenvalue weighted by atomic mass is 9.84. The molecule has 1 aliphatic heterocycles. The van der Waals surface area contributed by atoms with Crippen molar-refractivity contribution in [1.29, 1.82) is 0 Å². The second kappa shape index (κ2) is 8.08. The van der Waals surface area contributed by atoms with E-state index in [4.69, 9.17) is 4.74 Å². The van der Waals surface area contributed by atoms with Crippen LogP contribution in [-0.4, -0.2) is 53.1 Å². The molecule has 1 heterocycles. The molecule has 1 saturated heterocycles. The Morgan fingerprint density at radius 2 is 1.81 bits per heavy atom. The number of piperidine rings is 1. The van der Waals surface area contributed by atoms with Crippen LogP contribution in [0.4, 0.5) is 0 Å². The largest absolute Gasteiger partial charge is 0.504 e. The van der Waals surface area contributed by atoms with Crippen LogP contribution >= 0.6 is 0 Å². The number of hydrogen-bond donors (Lipinski definition) is 3. The first kappa shape index (κ1) is 18.7. The van der Waals surface area contributed by atoms with Crippen molar-refractivity contribution in [3.63, 3.8) is 0 Å². The first-order valence-corrected chi connectivity index (χ1v) is 9.04. The Bertz CT molecular complexity index is 711. The fourth-order valence-electron chi connectivity index (χ4n) is 3.73. The van der Waals surface area contributed by atoms with Crippen molar-refractivity contribution in [1.82, 2.24) is 4.90 Å². The van der Waals surface area contributed by atoms with Crippen molar-refractivity contribution >= 4 is 0 Å². The Labute approximate surface area is 154 Å². The standard InChI is InChI=1S/C21H27NO4/c1-26-20-14-16(7-8-19(20)24)13-18(15-23)22-11-9-21(25,10-12-22)17-5-3-2-4-6-17/h2-8,14,18,23-25H,9-13,15H2,1H3. The molecule has 0 bridgehead atoms. The molecule has 140 valence electrons. The summed E-state index contributed by atoms with van der Waals surface area (Å²) in [5.41, 5.74) is 1.17. The number of ether oxygens (including phenoxy) is 1. The minimum absolute atomic E-state index is 0.0235. The molecule has 1 atom stereocenters. The molecular weight excluding hydrogens is 330 g/mol. The quantitative estimate of drug-likeness (QED) is 0.740. The van der Waals surface area contributed by atoms with Gasteiger partial charge in [0.2, 0.25) is 0 Å². The molecule has 1 aliphatic rings. The molecule has 0 aliphatic carbocycles. The molecule has 3 N–H and O–H groups in total. The van der Waals surface area contributed by atoms with Crippen LogP contribution in [0.1, 0.15) is 24.0 Å². The number of rotatable bonds is 6. The summed E-state index contributed by atoms with van der Waals surface area (Å²) in [6.07, 6.45) is 1.95. The van der Waals surface area contributed by atoms with Gasteiger partial charge in [0.25, 0.3) is 0 Å². The molecule has 0 saturated carbocycles. The van der Waals surface area contributed by atoms with Crippen LogP contribution in [0.2, 0.25) is 0 Å². The van der Waals surface area contributed by atoms with Crippen molar-refractivity contribution in [3.8, 4) is 11.5 Å². The maximum atomic E-state index is 11.0. The number of methoxy groups -OCH3 is 1. The minimum Gasteiger partial charge on any atom is -0.504 e. The number of hydrogen-bond acceptors (Lipinski definition) is 5.